The first-order chi connectivity index (χ1) is 11.2. The predicted molar refractivity (Wildman–Crippen MR) is 90.7 cm³/mol. The van der Waals surface area contributed by atoms with Gasteiger partial charge in [-0.3, -0.25) is 4.57 Å². The minimum Gasteiger partial charge on any atom is -0.305 e. The van der Waals surface area contributed by atoms with Gasteiger partial charge in [-0.2, -0.15) is 0 Å². The lowest BCUT2D eigenvalue weighted by molar-refractivity contribution is 0.0663. The van der Waals surface area contributed by atoms with Crippen molar-refractivity contribution in [3.8, 4) is 0 Å². The standard InChI is InChI=1S/C18H32FO3P/c19-17-13-7-8-14-18(17)23(20,21-15-9-3-1-4-10-15)22-16-11-5-2-6-12-16/h15-18H,1-14H2. The van der Waals surface area contributed by atoms with Crippen molar-refractivity contribution >= 4 is 7.60 Å². The van der Waals surface area contributed by atoms with Gasteiger partial charge < -0.3 is 9.05 Å². The van der Waals surface area contributed by atoms with Gasteiger partial charge in [0.2, 0.25) is 0 Å². The second kappa shape index (κ2) is 8.45. The minimum atomic E-state index is -3.36. The SMILES string of the molecule is O=P(OC1CCCCC1)(OC1CCCCC1)C1CCCCC1F. The third kappa shape index (κ3) is 4.80. The van der Waals surface area contributed by atoms with Crippen molar-refractivity contribution in [2.24, 2.45) is 0 Å². The zero-order valence-electron chi connectivity index (χ0n) is 14.3. The molecule has 3 aliphatic carbocycles. The fraction of sp³-hybridized carbons (Fsp3) is 1.00. The van der Waals surface area contributed by atoms with Crippen LogP contribution in [0.1, 0.15) is 89.9 Å². The molecule has 2 atom stereocenters. The second-order valence-corrected chi connectivity index (χ2v) is 9.80. The quantitative estimate of drug-likeness (QED) is 0.559. The summed E-state index contributed by atoms with van der Waals surface area (Å²) in [6, 6.07) is 0. The Morgan fingerprint density at radius 3 is 1.57 bits per heavy atom. The van der Waals surface area contributed by atoms with E-state index in [9.17, 15) is 8.96 Å². The Kier molecular flexibility index (Phi) is 6.57. The Morgan fingerprint density at radius 1 is 0.652 bits per heavy atom. The summed E-state index contributed by atoms with van der Waals surface area (Å²) in [5.74, 6) is 0. The van der Waals surface area contributed by atoms with E-state index in [4.69, 9.17) is 9.05 Å². The van der Waals surface area contributed by atoms with E-state index in [0.717, 1.165) is 64.2 Å². The van der Waals surface area contributed by atoms with Crippen LogP contribution in [0, 0.1) is 0 Å². The van der Waals surface area contributed by atoms with Gasteiger partial charge in [-0.25, -0.2) is 4.39 Å². The maximum absolute atomic E-state index is 14.5. The first-order valence-electron chi connectivity index (χ1n) is 9.78. The zero-order valence-corrected chi connectivity index (χ0v) is 15.2. The van der Waals surface area contributed by atoms with Crippen LogP contribution in [0.3, 0.4) is 0 Å². The van der Waals surface area contributed by atoms with Gasteiger partial charge in [0, 0.05) is 0 Å². The molecule has 0 amide bonds. The van der Waals surface area contributed by atoms with Crippen LogP contribution in [0.15, 0.2) is 0 Å². The highest BCUT2D eigenvalue weighted by Gasteiger charge is 2.46. The average molecular weight is 346 g/mol. The number of alkyl halides is 1. The predicted octanol–water partition coefficient (Wildman–Crippen LogP) is 6.16. The van der Waals surface area contributed by atoms with Gasteiger partial charge in [-0.15, -0.1) is 0 Å². The Balaban J connectivity index is 1.71. The topological polar surface area (TPSA) is 35.5 Å². The highest BCUT2D eigenvalue weighted by Crippen LogP contribution is 2.61. The molecule has 23 heavy (non-hydrogen) atoms. The lowest BCUT2D eigenvalue weighted by Gasteiger charge is -2.37. The van der Waals surface area contributed by atoms with E-state index < -0.39 is 19.4 Å². The molecule has 3 saturated carbocycles. The van der Waals surface area contributed by atoms with Crippen LogP contribution >= 0.6 is 7.60 Å². The van der Waals surface area contributed by atoms with Crippen molar-refractivity contribution in [2.45, 2.75) is 114 Å². The summed E-state index contributed by atoms with van der Waals surface area (Å²) in [5, 5.41) is 0. The largest absolute Gasteiger partial charge is 0.337 e. The van der Waals surface area contributed by atoms with Gasteiger partial charge >= 0.3 is 7.60 Å². The molecular weight excluding hydrogens is 314 g/mol. The summed E-state index contributed by atoms with van der Waals surface area (Å²) in [4.78, 5) is 0. The number of rotatable bonds is 5. The monoisotopic (exact) mass is 346 g/mol. The second-order valence-electron chi connectivity index (χ2n) is 7.64. The number of halogens is 1. The molecule has 5 heteroatoms. The normalized spacial score (nSPS) is 32.0. The van der Waals surface area contributed by atoms with Crippen LogP contribution in [0.2, 0.25) is 0 Å². The molecule has 0 bridgehead atoms. The summed E-state index contributed by atoms with van der Waals surface area (Å²) < 4.78 is 40.3. The Bertz CT molecular complexity index is 381. The lowest BCUT2D eigenvalue weighted by Crippen LogP contribution is -2.32. The highest BCUT2D eigenvalue weighted by molar-refractivity contribution is 7.54. The zero-order chi connectivity index (χ0) is 16.1. The maximum Gasteiger partial charge on any atom is 0.337 e. The third-order valence-corrected chi connectivity index (χ3v) is 8.33. The van der Waals surface area contributed by atoms with Gasteiger partial charge in [-0.05, 0) is 38.5 Å². The summed E-state index contributed by atoms with van der Waals surface area (Å²) in [7, 11) is -3.36. The van der Waals surface area contributed by atoms with E-state index in [-0.39, 0.29) is 12.2 Å². The van der Waals surface area contributed by atoms with Gasteiger partial charge in [-0.1, -0.05) is 51.4 Å². The summed E-state index contributed by atoms with van der Waals surface area (Å²) in [6.07, 6.45) is 12.7. The number of hydrogen-bond acceptors (Lipinski definition) is 3. The molecule has 0 spiro atoms. The molecule has 0 N–H and O–H groups in total. The van der Waals surface area contributed by atoms with E-state index >= 15 is 0 Å². The molecule has 0 saturated heterocycles. The Hall–Kier alpha value is 0.0800. The maximum atomic E-state index is 14.5. The first kappa shape index (κ1) is 17.9. The molecule has 0 aromatic carbocycles. The van der Waals surface area contributed by atoms with E-state index in [1.807, 2.05) is 0 Å². The summed E-state index contributed by atoms with van der Waals surface area (Å²) in [6.45, 7) is 0. The molecule has 0 heterocycles. The summed E-state index contributed by atoms with van der Waals surface area (Å²) in [5.41, 5.74) is -0.528. The van der Waals surface area contributed by atoms with E-state index in [0.29, 0.717) is 12.8 Å². The molecular formula is C18H32FO3P. The highest BCUT2D eigenvalue weighted by atomic mass is 31.2. The van der Waals surface area contributed by atoms with E-state index in [1.165, 1.54) is 12.8 Å². The van der Waals surface area contributed by atoms with Crippen LogP contribution in [0.25, 0.3) is 0 Å². The van der Waals surface area contributed by atoms with Gasteiger partial charge in [0.15, 0.2) is 0 Å². The fourth-order valence-corrected chi connectivity index (χ4v) is 7.02. The van der Waals surface area contributed by atoms with Crippen LogP contribution in [-0.2, 0) is 13.6 Å². The Morgan fingerprint density at radius 2 is 1.09 bits per heavy atom. The van der Waals surface area contributed by atoms with Crippen LogP contribution in [0.4, 0.5) is 4.39 Å². The Labute approximate surface area is 140 Å². The molecule has 3 rings (SSSR count). The number of hydrogen-bond donors (Lipinski definition) is 0. The summed E-state index contributed by atoms with van der Waals surface area (Å²) >= 11 is 0. The van der Waals surface area contributed by atoms with Crippen molar-refractivity contribution in [2.75, 3.05) is 0 Å². The van der Waals surface area contributed by atoms with Gasteiger partial charge in [0.05, 0.1) is 17.9 Å². The molecule has 0 aliphatic heterocycles. The molecule has 0 radical (unpaired) electrons. The smallest absolute Gasteiger partial charge is 0.305 e. The van der Waals surface area contributed by atoms with Crippen molar-refractivity contribution in [1.82, 2.24) is 0 Å². The molecule has 2 unspecified atom stereocenters. The lowest BCUT2D eigenvalue weighted by atomic mass is 9.98. The van der Waals surface area contributed by atoms with Crippen LogP contribution in [-0.4, -0.2) is 24.0 Å². The van der Waals surface area contributed by atoms with Crippen LogP contribution in [0.5, 0.6) is 0 Å². The van der Waals surface area contributed by atoms with Crippen molar-refractivity contribution in [3.05, 3.63) is 0 Å². The van der Waals surface area contributed by atoms with E-state index in [2.05, 4.69) is 0 Å². The van der Waals surface area contributed by atoms with Crippen molar-refractivity contribution in [1.29, 1.82) is 0 Å². The fourth-order valence-electron chi connectivity index (χ4n) is 4.36. The molecule has 3 fully saturated rings. The average Bonchev–Trinajstić information content (AvgIpc) is 2.57. The molecule has 0 aromatic heterocycles. The van der Waals surface area contributed by atoms with Crippen LogP contribution < -0.4 is 0 Å². The van der Waals surface area contributed by atoms with Crippen molar-refractivity contribution in [3.63, 3.8) is 0 Å². The first-order valence-corrected chi connectivity index (χ1v) is 11.4. The molecule has 3 aliphatic rings. The molecule has 3 nitrogen and oxygen atoms in total. The molecule has 134 valence electrons. The third-order valence-electron chi connectivity index (χ3n) is 5.75. The van der Waals surface area contributed by atoms with Gasteiger partial charge in [0.1, 0.15) is 6.17 Å². The van der Waals surface area contributed by atoms with Crippen molar-refractivity contribution < 1.29 is 18.0 Å². The van der Waals surface area contributed by atoms with E-state index in [1.54, 1.807) is 0 Å². The molecule has 0 aromatic rings. The van der Waals surface area contributed by atoms with Gasteiger partial charge in [0.25, 0.3) is 0 Å². The minimum absolute atomic E-state index is 0.00676.